The molecule has 1 saturated carbocycles. The summed E-state index contributed by atoms with van der Waals surface area (Å²) in [5, 5.41) is 8.95. The second-order valence-electron chi connectivity index (χ2n) is 2.64. The Morgan fingerprint density at radius 1 is 1.44 bits per heavy atom. The van der Waals surface area contributed by atoms with Gasteiger partial charge < -0.3 is 10.8 Å². The van der Waals surface area contributed by atoms with E-state index in [0.29, 0.717) is 0 Å². The van der Waals surface area contributed by atoms with Crippen molar-refractivity contribution in [3.05, 3.63) is 0 Å². The lowest BCUT2D eigenvalue weighted by molar-refractivity contribution is -0.199. The largest absolute Gasteiger partial charge is 0.388 e. The van der Waals surface area contributed by atoms with E-state index in [1.165, 1.54) is 0 Å². The van der Waals surface area contributed by atoms with Crippen LogP contribution in [0.3, 0.4) is 0 Å². The molecular weight excluding hydrogens is 128 g/mol. The van der Waals surface area contributed by atoms with Crippen LogP contribution in [0.1, 0.15) is 12.8 Å². The fraction of sp³-hybridized carbons (Fsp3) is 1.00. The van der Waals surface area contributed by atoms with Gasteiger partial charge >= 0.3 is 0 Å². The summed E-state index contributed by atoms with van der Waals surface area (Å²) in [5.74, 6) is -2.67. The Hall–Kier alpha value is -0.220. The second kappa shape index (κ2) is 1.64. The standard InChI is InChI=1S/C5H9F2NO/c6-5(7)1-4(9,2-5)3-8/h9H,1-3,8H2. The summed E-state index contributed by atoms with van der Waals surface area (Å²) in [6.45, 7) is -0.0669. The van der Waals surface area contributed by atoms with Crippen molar-refractivity contribution in [1.29, 1.82) is 0 Å². The van der Waals surface area contributed by atoms with E-state index >= 15 is 0 Å². The van der Waals surface area contributed by atoms with Crippen LogP contribution in [0.2, 0.25) is 0 Å². The summed E-state index contributed by atoms with van der Waals surface area (Å²) in [6, 6.07) is 0. The molecule has 0 spiro atoms. The highest BCUT2D eigenvalue weighted by molar-refractivity contribution is 5.00. The highest BCUT2D eigenvalue weighted by atomic mass is 19.3. The van der Waals surface area contributed by atoms with Crippen LogP contribution in [0.5, 0.6) is 0 Å². The Bertz CT molecular complexity index is 118. The van der Waals surface area contributed by atoms with Crippen molar-refractivity contribution < 1.29 is 13.9 Å². The molecule has 3 N–H and O–H groups in total. The van der Waals surface area contributed by atoms with Gasteiger partial charge in [0, 0.05) is 19.4 Å². The lowest BCUT2D eigenvalue weighted by atomic mass is 9.77. The van der Waals surface area contributed by atoms with Crippen molar-refractivity contribution >= 4 is 0 Å². The number of hydrogen-bond acceptors (Lipinski definition) is 2. The third kappa shape index (κ3) is 1.19. The molecule has 0 aromatic heterocycles. The average molecular weight is 137 g/mol. The van der Waals surface area contributed by atoms with E-state index in [-0.39, 0.29) is 6.54 Å². The molecule has 9 heavy (non-hydrogen) atoms. The van der Waals surface area contributed by atoms with Gasteiger partial charge in [-0.2, -0.15) is 0 Å². The predicted octanol–water partition coefficient (Wildman–Crippen LogP) is 0.105. The molecule has 0 unspecified atom stereocenters. The molecule has 1 aliphatic carbocycles. The van der Waals surface area contributed by atoms with Crippen molar-refractivity contribution in [2.75, 3.05) is 6.54 Å². The van der Waals surface area contributed by atoms with Crippen molar-refractivity contribution in [3.63, 3.8) is 0 Å². The second-order valence-corrected chi connectivity index (χ2v) is 2.64. The third-order valence-electron chi connectivity index (χ3n) is 1.56. The Morgan fingerprint density at radius 3 is 2.00 bits per heavy atom. The zero-order valence-corrected chi connectivity index (χ0v) is 4.90. The van der Waals surface area contributed by atoms with Gasteiger partial charge in [-0.05, 0) is 0 Å². The van der Waals surface area contributed by atoms with Crippen LogP contribution in [0, 0.1) is 0 Å². The Kier molecular flexibility index (Phi) is 1.25. The predicted molar refractivity (Wildman–Crippen MR) is 28.2 cm³/mol. The summed E-state index contributed by atoms with van der Waals surface area (Å²) in [7, 11) is 0. The monoisotopic (exact) mass is 137 g/mol. The Balaban J connectivity index is 2.41. The average Bonchev–Trinajstić information content (AvgIpc) is 1.61. The normalized spacial score (nSPS) is 29.3. The van der Waals surface area contributed by atoms with Gasteiger partial charge in [0.05, 0.1) is 5.60 Å². The van der Waals surface area contributed by atoms with Crippen LogP contribution < -0.4 is 5.73 Å². The van der Waals surface area contributed by atoms with Gasteiger partial charge in [-0.15, -0.1) is 0 Å². The van der Waals surface area contributed by atoms with E-state index in [0.717, 1.165) is 0 Å². The maximum absolute atomic E-state index is 12.0. The fourth-order valence-electron chi connectivity index (χ4n) is 1.06. The lowest BCUT2D eigenvalue weighted by Gasteiger charge is -2.42. The molecule has 1 rings (SSSR count). The summed E-state index contributed by atoms with van der Waals surface area (Å²) in [6.07, 6.45) is -0.951. The van der Waals surface area contributed by atoms with Crippen LogP contribution in [-0.2, 0) is 0 Å². The minimum absolute atomic E-state index is 0.0669. The highest BCUT2D eigenvalue weighted by Gasteiger charge is 2.54. The molecular formula is C5H9F2NO. The minimum Gasteiger partial charge on any atom is -0.388 e. The Morgan fingerprint density at radius 2 is 1.89 bits per heavy atom. The van der Waals surface area contributed by atoms with E-state index in [1.807, 2.05) is 0 Å². The summed E-state index contributed by atoms with van der Waals surface area (Å²) < 4.78 is 24.0. The first-order chi connectivity index (χ1) is 3.97. The molecule has 0 aromatic rings. The first-order valence-corrected chi connectivity index (χ1v) is 2.78. The van der Waals surface area contributed by atoms with Crippen molar-refractivity contribution in [1.82, 2.24) is 0 Å². The van der Waals surface area contributed by atoms with Gasteiger partial charge in [-0.25, -0.2) is 8.78 Å². The van der Waals surface area contributed by atoms with Crippen molar-refractivity contribution in [2.24, 2.45) is 5.73 Å². The molecule has 54 valence electrons. The number of rotatable bonds is 1. The van der Waals surface area contributed by atoms with Gasteiger partial charge in [-0.1, -0.05) is 0 Å². The van der Waals surface area contributed by atoms with E-state index in [4.69, 9.17) is 10.8 Å². The van der Waals surface area contributed by atoms with Gasteiger partial charge in [0.15, 0.2) is 0 Å². The van der Waals surface area contributed by atoms with Gasteiger partial charge in [0.1, 0.15) is 0 Å². The number of nitrogens with two attached hydrogens (primary N) is 1. The van der Waals surface area contributed by atoms with Crippen LogP contribution in [0.25, 0.3) is 0 Å². The molecule has 0 amide bonds. The topological polar surface area (TPSA) is 46.2 Å². The van der Waals surface area contributed by atoms with Crippen LogP contribution in [-0.4, -0.2) is 23.2 Å². The maximum atomic E-state index is 12.0. The number of hydrogen-bond donors (Lipinski definition) is 2. The van der Waals surface area contributed by atoms with E-state index in [1.54, 1.807) is 0 Å². The third-order valence-corrected chi connectivity index (χ3v) is 1.56. The molecule has 0 saturated heterocycles. The van der Waals surface area contributed by atoms with Crippen molar-refractivity contribution in [2.45, 2.75) is 24.4 Å². The van der Waals surface area contributed by atoms with Gasteiger partial charge in [-0.3, -0.25) is 0 Å². The maximum Gasteiger partial charge on any atom is 0.253 e. The quantitative estimate of drug-likeness (QED) is 0.538. The number of aliphatic hydroxyl groups is 1. The molecule has 0 bridgehead atoms. The first kappa shape index (κ1) is 6.89. The van der Waals surface area contributed by atoms with Crippen LogP contribution in [0.15, 0.2) is 0 Å². The zero-order valence-electron chi connectivity index (χ0n) is 4.90. The molecule has 1 fully saturated rings. The van der Waals surface area contributed by atoms with Crippen molar-refractivity contribution in [3.8, 4) is 0 Å². The number of alkyl halides is 2. The zero-order chi connectivity index (χ0) is 7.12. The van der Waals surface area contributed by atoms with Crippen LogP contribution >= 0.6 is 0 Å². The molecule has 1 aliphatic rings. The molecule has 0 aliphatic heterocycles. The Labute approximate surface area is 51.7 Å². The summed E-state index contributed by atoms with van der Waals surface area (Å²) in [4.78, 5) is 0. The van der Waals surface area contributed by atoms with E-state index < -0.39 is 24.4 Å². The molecule has 0 aromatic carbocycles. The fourth-order valence-corrected chi connectivity index (χ4v) is 1.06. The van der Waals surface area contributed by atoms with E-state index in [2.05, 4.69) is 0 Å². The first-order valence-electron chi connectivity index (χ1n) is 2.78. The van der Waals surface area contributed by atoms with Crippen LogP contribution in [0.4, 0.5) is 8.78 Å². The molecule has 4 heteroatoms. The summed E-state index contributed by atoms with van der Waals surface area (Å²) >= 11 is 0. The summed E-state index contributed by atoms with van der Waals surface area (Å²) in [5.41, 5.74) is 3.73. The smallest absolute Gasteiger partial charge is 0.253 e. The highest BCUT2D eigenvalue weighted by Crippen LogP contribution is 2.44. The lowest BCUT2D eigenvalue weighted by Crippen LogP contribution is -2.56. The molecule has 0 heterocycles. The number of halogens is 2. The van der Waals surface area contributed by atoms with E-state index in [9.17, 15) is 8.78 Å². The molecule has 0 atom stereocenters. The SMILES string of the molecule is NCC1(O)CC(F)(F)C1. The molecule has 2 nitrogen and oxygen atoms in total. The van der Waals surface area contributed by atoms with Gasteiger partial charge in [0.25, 0.3) is 5.92 Å². The van der Waals surface area contributed by atoms with Gasteiger partial charge in [0.2, 0.25) is 0 Å². The minimum atomic E-state index is -2.67. The molecule has 0 radical (unpaired) electrons.